The number of β-amino-alcohol motifs (C(OH)–C–C–N with tert-alkyl or cyclic N) is 1. The second kappa shape index (κ2) is 14.2. The van der Waals surface area contributed by atoms with Crippen LogP contribution in [0.1, 0.15) is 35.4 Å². The van der Waals surface area contributed by atoms with Crippen molar-refractivity contribution in [3.8, 4) is 22.6 Å². The number of urea groups is 1. The van der Waals surface area contributed by atoms with Gasteiger partial charge in [-0.25, -0.2) is 4.79 Å². The van der Waals surface area contributed by atoms with Crippen molar-refractivity contribution >= 4 is 11.7 Å². The summed E-state index contributed by atoms with van der Waals surface area (Å²) in [7, 11) is 0. The minimum atomic E-state index is -0.522. The number of amides is 2. The van der Waals surface area contributed by atoms with Gasteiger partial charge in [0.15, 0.2) is 11.5 Å². The zero-order chi connectivity index (χ0) is 31.2. The van der Waals surface area contributed by atoms with Crippen LogP contribution in [0, 0.1) is 0 Å². The van der Waals surface area contributed by atoms with Crippen LogP contribution in [-0.2, 0) is 6.42 Å². The van der Waals surface area contributed by atoms with E-state index in [4.69, 9.17) is 0 Å². The Morgan fingerprint density at radius 2 is 1.44 bits per heavy atom. The molecule has 0 aliphatic carbocycles. The number of rotatable bonds is 8. The number of carbonyl (C=O) groups is 1. The van der Waals surface area contributed by atoms with Gasteiger partial charge in [-0.05, 0) is 59.7 Å². The lowest BCUT2D eigenvalue weighted by atomic mass is 9.87. The number of aromatic hydroxyl groups is 2. The average Bonchev–Trinajstić information content (AvgIpc) is 3.22. The SMILES string of the molecule is O=C(Nc1ccccc1-c1ccccc1)NC1CCN(CC(O)CN2CCc3cc(O)c(O)cc3C(c3ccccc3)C2)CC1. The molecule has 0 spiro atoms. The van der Waals surface area contributed by atoms with Gasteiger partial charge < -0.3 is 30.9 Å². The summed E-state index contributed by atoms with van der Waals surface area (Å²) in [5, 5.41) is 37.8. The quantitative estimate of drug-likeness (QED) is 0.172. The van der Waals surface area contributed by atoms with Crippen LogP contribution < -0.4 is 10.6 Å². The molecule has 2 aliphatic heterocycles. The van der Waals surface area contributed by atoms with E-state index in [-0.39, 0.29) is 29.5 Å². The normalized spacial score (nSPS) is 18.5. The zero-order valence-corrected chi connectivity index (χ0v) is 25.5. The van der Waals surface area contributed by atoms with Gasteiger partial charge in [0, 0.05) is 56.8 Å². The fourth-order valence-electron chi connectivity index (χ4n) is 6.76. The van der Waals surface area contributed by atoms with Crippen molar-refractivity contribution in [2.24, 2.45) is 0 Å². The number of phenolic OH excluding ortho intramolecular Hbond substituents is 2. The number of hydrogen-bond donors (Lipinski definition) is 5. The van der Waals surface area contributed by atoms with E-state index in [0.717, 1.165) is 72.4 Å². The van der Waals surface area contributed by atoms with Crippen LogP contribution in [0.4, 0.5) is 10.5 Å². The number of phenols is 2. The summed E-state index contributed by atoms with van der Waals surface area (Å²) in [6, 6.07) is 31.3. The first-order valence-corrected chi connectivity index (χ1v) is 15.9. The van der Waals surface area contributed by atoms with Crippen molar-refractivity contribution in [3.05, 3.63) is 114 Å². The number of fused-ring (bicyclic) bond motifs is 1. The molecule has 1 saturated heterocycles. The second-order valence-corrected chi connectivity index (χ2v) is 12.3. The van der Waals surface area contributed by atoms with Gasteiger partial charge in [-0.1, -0.05) is 78.9 Å². The topological polar surface area (TPSA) is 108 Å². The standard InChI is InChI=1S/C37H42N4O4/c42-30(24-41-18-15-28-21-35(43)36(44)22-32(28)33(25-41)27-11-5-2-6-12-27)23-40-19-16-29(17-20-40)38-37(45)39-34-14-8-7-13-31(34)26-9-3-1-4-10-26/h1-14,21-22,29-30,33,42-44H,15-20,23-25H2,(H2,38,39,45). The first-order valence-electron chi connectivity index (χ1n) is 15.9. The van der Waals surface area contributed by atoms with E-state index in [1.165, 1.54) is 0 Å². The average molecular weight is 607 g/mol. The number of aliphatic hydroxyl groups is 1. The minimum Gasteiger partial charge on any atom is -0.504 e. The highest BCUT2D eigenvalue weighted by Gasteiger charge is 2.28. The predicted octanol–water partition coefficient (Wildman–Crippen LogP) is 5.40. The molecular weight excluding hydrogens is 564 g/mol. The van der Waals surface area contributed by atoms with E-state index in [2.05, 4.69) is 32.6 Å². The molecule has 5 N–H and O–H groups in total. The fraction of sp³-hybridized carbons (Fsp3) is 0.324. The van der Waals surface area contributed by atoms with Crippen LogP contribution in [-0.4, -0.2) is 82.6 Å². The van der Waals surface area contributed by atoms with Gasteiger partial charge >= 0.3 is 6.03 Å². The Labute approximate surface area is 264 Å². The number of nitrogens with one attached hydrogen (secondary N) is 2. The van der Waals surface area contributed by atoms with Crippen molar-refractivity contribution in [2.45, 2.75) is 37.3 Å². The number of benzene rings is 4. The van der Waals surface area contributed by atoms with Gasteiger partial charge in [0.05, 0.1) is 11.8 Å². The Kier molecular flexibility index (Phi) is 9.64. The predicted molar refractivity (Wildman–Crippen MR) is 178 cm³/mol. The van der Waals surface area contributed by atoms with Crippen molar-refractivity contribution in [3.63, 3.8) is 0 Å². The van der Waals surface area contributed by atoms with Crippen LogP contribution in [0.2, 0.25) is 0 Å². The number of nitrogens with zero attached hydrogens (tertiary/aromatic N) is 2. The highest BCUT2D eigenvalue weighted by atomic mass is 16.3. The van der Waals surface area contributed by atoms with E-state index in [1.807, 2.05) is 72.8 Å². The third-order valence-electron chi connectivity index (χ3n) is 9.07. The van der Waals surface area contributed by atoms with E-state index < -0.39 is 6.10 Å². The number of piperidine rings is 1. The summed E-state index contributed by atoms with van der Waals surface area (Å²) in [6.07, 6.45) is 1.85. The van der Waals surface area contributed by atoms with Crippen LogP contribution in [0.25, 0.3) is 11.1 Å². The number of anilines is 1. The number of para-hydroxylation sites is 1. The molecule has 1 fully saturated rings. The highest BCUT2D eigenvalue weighted by Crippen LogP contribution is 2.37. The Morgan fingerprint density at radius 1 is 0.800 bits per heavy atom. The number of carbonyl (C=O) groups excluding carboxylic acids is 1. The van der Waals surface area contributed by atoms with E-state index in [9.17, 15) is 20.1 Å². The molecule has 2 heterocycles. The highest BCUT2D eigenvalue weighted by molar-refractivity contribution is 5.94. The molecule has 0 aromatic heterocycles. The Balaban J connectivity index is 1.00. The molecule has 8 heteroatoms. The molecule has 234 valence electrons. The Bertz CT molecular complexity index is 1570. The van der Waals surface area contributed by atoms with Crippen molar-refractivity contribution < 1.29 is 20.1 Å². The molecule has 2 amide bonds. The van der Waals surface area contributed by atoms with Crippen molar-refractivity contribution in [1.82, 2.24) is 15.1 Å². The molecule has 4 aromatic rings. The van der Waals surface area contributed by atoms with Gasteiger partial charge in [-0.15, -0.1) is 0 Å². The monoisotopic (exact) mass is 606 g/mol. The largest absolute Gasteiger partial charge is 0.504 e. The van der Waals surface area contributed by atoms with Gasteiger partial charge in [0.25, 0.3) is 0 Å². The maximum Gasteiger partial charge on any atom is 0.319 e. The zero-order valence-electron chi connectivity index (χ0n) is 25.5. The maximum atomic E-state index is 12.9. The summed E-state index contributed by atoms with van der Waals surface area (Å²) < 4.78 is 0. The third kappa shape index (κ3) is 7.65. The fourth-order valence-corrected chi connectivity index (χ4v) is 6.76. The summed E-state index contributed by atoms with van der Waals surface area (Å²) in [6.45, 7) is 4.19. The molecule has 4 aromatic carbocycles. The molecule has 2 unspecified atom stereocenters. The van der Waals surface area contributed by atoms with Gasteiger partial charge in [-0.3, -0.25) is 4.90 Å². The van der Waals surface area contributed by atoms with Crippen molar-refractivity contribution in [2.75, 3.05) is 44.6 Å². The minimum absolute atomic E-state index is 0.0232. The second-order valence-electron chi connectivity index (χ2n) is 12.3. The maximum absolute atomic E-state index is 12.9. The molecule has 0 saturated carbocycles. The lowest BCUT2D eigenvalue weighted by Crippen LogP contribution is -2.49. The summed E-state index contributed by atoms with van der Waals surface area (Å²) in [5.41, 5.74) is 6.01. The molecule has 0 bridgehead atoms. The molecular formula is C37H42N4O4. The smallest absolute Gasteiger partial charge is 0.319 e. The number of hydrogen-bond acceptors (Lipinski definition) is 6. The molecule has 0 radical (unpaired) electrons. The first kappa shape index (κ1) is 30.6. The van der Waals surface area contributed by atoms with E-state index in [0.29, 0.717) is 19.6 Å². The molecule has 6 rings (SSSR count). The van der Waals surface area contributed by atoms with Gasteiger partial charge in [0.1, 0.15) is 0 Å². The summed E-state index contributed by atoms with van der Waals surface area (Å²) in [5.74, 6) is -0.174. The van der Waals surface area contributed by atoms with Crippen LogP contribution in [0.15, 0.2) is 97.1 Å². The van der Waals surface area contributed by atoms with E-state index >= 15 is 0 Å². The summed E-state index contributed by atoms with van der Waals surface area (Å²) >= 11 is 0. The number of aliphatic hydroxyl groups excluding tert-OH is 1. The van der Waals surface area contributed by atoms with Gasteiger partial charge in [0.2, 0.25) is 0 Å². The summed E-state index contributed by atoms with van der Waals surface area (Å²) in [4.78, 5) is 17.5. The lowest BCUT2D eigenvalue weighted by Gasteiger charge is -2.35. The lowest BCUT2D eigenvalue weighted by molar-refractivity contribution is 0.0636. The molecule has 45 heavy (non-hydrogen) atoms. The van der Waals surface area contributed by atoms with Crippen LogP contribution in [0.3, 0.4) is 0 Å². The number of likely N-dealkylation sites (tertiary alicyclic amines) is 1. The van der Waals surface area contributed by atoms with Gasteiger partial charge in [-0.2, -0.15) is 0 Å². The Morgan fingerprint density at radius 3 is 2.20 bits per heavy atom. The van der Waals surface area contributed by atoms with Crippen molar-refractivity contribution in [1.29, 1.82) is 0 Å². The third-order valence-corrected chi connectivity index (χ3v) is 9.07. The van der Waals surface area contributed by atoms with E-state index in [1.54, 1.807) is 12.1 Å². The van der Waals surface area contributed by atoms with Crippen LogP contribution in [0.5, 0.6) is 11.5 Å². The first-order chi connectivity index (χ1) is 21.9. The molecule has 8 nitrogen and oxygen atoms in total. The van der Waals surface area contributed by atoms with Crippen LogP contribution >= 0.6 is 0 Å². The molecule has 2 atom stereocenters. The Hall–Kier alpha value is -4.37. The molecule has 2 aliphatic rings.